The number of benzene rings is 1. The molecule has 2 aromatic rings. The van der Waals surface area contributed by atoms with Gasteiger partial charge in [0.25, 0.3) is 0 Å². The Balaban J connectivity index is 1.87. The minimum absolute atomic E-state index is 0.112. The van der Waals surface area contributed by atoms with E-state index in [4.69, 9.17) is 27.9 Å². The van der Waals surface area contributed by atoms with Crippen LogP contribution < -0.4 is 4.74 Å². The lowest BCUT2D eigenvalue weighted by Crippen LogP contribution is -2.24. The molecular formula is C11H11Cl2N3O2. The van der Waals surface area contributed by atoms with Gasteiger partial charge in [0, 0.05) is 11.2 Å². The molecule has 2 rings (SSSR count). The number of halogens is 2. The molecule has 0 fully saturated rings. The van der Waals surface area contributed by atoms with Gasteiger partial charge in [-0.25, -0.2) is 4.68 Å². The first-order valence-electron chi connectivity index (χ1n) is 5.25. The van der Waals surface area contributed by atoms with E-state index in [1.165, 1.54) is 4.68 Å². The highest BCUT2D eigenvalue weighted by Gasteiger charge is 2.09. The Morgan fingerprint density at radius 3 is 2.89 bits per heavy atom. The van der Waals surface area contributed by atoms with Crippen LogP contribution in [-0.2, 0) is 6.54 Å². The second-order valence-electron chi connectivity index (χ2n) is 3.66. The topological polar surface area (TPSA) is 60.2 Å². The molecule has 0 aliphatic carbocycles. The summed E-state index contributed by atoms with van der Waals surface area (Å²) in [6, 6.07) is 4.92. The Kier molecular flexibility index (Phi) is 4.41. The van der Waals surface area contributed by atoms with Crippen LogP contribution in [0.3, 0.4) is 0 Å². The summed E-state index contributed by atoms with van der Waals surface area (Å²) in [6.07, 6.45) is 2.51. The second-order valence-corrected chi connectivity index (χ2v) is 4.51. The third-order valence-corrected chi connectivity index (χ3v) is 2.73. The third kappa shape index (κ3) is 3.60. The zero-order valence-corrected chi connectivity index (χ0v) is 10.8. The minimum atomic E-state index is -0.696. The molecular weight excluding hydrogens is 277 g/mol. The van der Waals surface area contributed by atoms with Crippen LogP contribution >= 0.6 is 23.2 Å². The molecule has 1 aromatic heterocycles. The molecule has 0 saturated carbocycles. The van der Waals surface area contributed by atoms with Crippen molar-refractivity contribution in [2.24, 2.45) is 0 Å². The largest absolute Gasteiger partial charge is 0.489 e. The maximum Gasteiger partial charge on any atom is 0.138 e. The Morgan fingerprint density at radius 1 is 1.39 bits per heavy atom. The third-order valence-electron chi connectivity index (χ3n) is 2.19. The van der Waals surface area contributed by atoms with Crippen molar-refractivity contribution in [3.05, 3.63) is 40.6 Å². The zero-order valence-electron chi connectivity index (χ0n) is 9.33. The van der Waals surface area contributed by atoms with Gasteiger partial charge in [0.2, 0.25) is 0 Å². The number of rotatable bonds is 5. The summed E-state index contributed by atoms with van der Waals surface area (Å²) < 4.78 is 6.93. The summed E-state index contributed by atoms with van der Waals surface area (Å²) in [5.41, 5.74) is 0. The molecule has 0 aliphatic rings. The molecule has 0 amide bonds. The Morgan fingerprint density at radius 2 is 2.22 bits per heavy atom. The molecule has 1 atom stereocenters. The van der Waals surface area contributed by atoms with Gasteiger partial charge in [-0.15, -0.1) is 5.10 Å². The summed E-state index contributed by atoms with van der Waals surface area (Å²) in [4.78, 5) is 0. The SMILES string of the molecule is O[C@H](COc1ccc(Cl)cc1Cl)Cn1ccnn1. The Labute approximate surface area is 114 Å². The van der Waals surface area contributed by atoms with E-state index in [0.29, 0.717) is 22.3 Å². The van der Waals surface area contributed by atoms with E-state index in [2.05, 4.69) is 10.3 Å². The summed E-state index contributed by atoms with van der Waals surface area (Å²) in [7, 11) is 0. The van der Waals surface area contributed by atoms with Crippen LogP contribution in [-0.4, -0.2) is 32.8 Å². The van der Waals surface area contributed by atoms with Gasteiger partial charge in [0.15, 0.2) is 0 Å². The number of hydrogen-bond donors (Lipinski definition) is 1. The molecule has 7 heteroatoms. The molecule has 5 nitrogen and oxygen atoms in total. The average Bonchev–Trinajstić information content (AvgIpc) is 2.80. The van der Waals surface area contributed by atoms with Gasteiger partial charge in [-0.1, -0.05) is 28.4 Å². The fourth-order valence-electron chi connectivity index (χ4n) is 1.38. The predicted molar refractivity (Wildman–Crippen MR) is 68.0 cm³/mol. The smallest absolute Gasteiger partial charge is 0.138 e. The van der Waals surface area contributed by atoms with Crippen molar-refractivity contribution in [3.63, 3.8) is 0 Å². The highest BCUT2D eigenvalue weighted by molar-refractivity contribution is 6.35. The quantitative estimate of drug-likeness (QED) is 0.914. The fourth-order valence-corrected chi connectivity index (χ4v) is 1.84. The van der Waals surface area contributed by atoms with Crippen LogP contribution in [0.15, 0.2) is 30.6 Å². The molecule has 1 aromatic carbocycles. The Bertz CT molecular complexity index is 505. The van der Waals surface area contributed by atoms with Crippen LogP contribution in [0.1, 0.15) is 0 Å². The zero-order chi connectivity index (χ0) is 13.0. The van der Waals surface area contributed by atoms with Crippen molar-refractivity contribution in [2.75, 3.05) is 6.61 Å². The van der Waals surface area contributed by atoms with Crippen molar-refractivity contribution in [1.29, 1.82) is 0 Å². The minimum Gasteiger partial charge on any atom is -0.489 e. The first-order valence-corrected chi connectivity index (χ1v) is 6.01. The van der Waals surface area contributed by atoms with Gasteiger partial charge < -0.3 is 9.84 Å². The summed E-state index contributed by atoms with van der Waals surface area (Å²) in [5, 5.41) is 18.1. The van der Waals surface area contributed by atoms with E-state index in [0.717, 1.165) is 0 Å². The number of aliphatic hydroxyl groups is 1. The van der Waals surface area contributed by atoms with E-state index >= 15 is 0 Å². The standard InChI is InChI=1S/C11H11Cl2N3O2/c12-8-1-2-11(10(13)5-8)18-7-9(17)6-16-4-3-14-15-16/h1-5,9,17H,6-7H2/t9-/m0/s1. The Hall–Kier alpha value is -1.30. The highest BCUT2D eigenvalue weighted by atomic mass is 35.5. The number of nitrogens with zero attached hydrogens (tertiary/aromatic N) is 3. The molecule has 0 saturated heterocycles. The average molecular weight is 288 g/mol. The number of aromatic nitrogens is 3. The van der Waals surface area contributed by atoms with Crippen LogP contribution in [0.5, 0.6) is 5.75 Å². The normalized spacial score (nSPS) is 12.4. The molecule has 0 bridgehead atoms. The van der Waals surface area contributed by atoms with Crippen molar-refractivity contribution < 1.29 is 9.84 Å². The lowest BCUT2D eigenvalue weighted by molar-refractivity contribution is 0.0889. The van der Waals surface area contributed by atoms with Crippen LogP contribution in [0.2, 0.25) is 10.0 Å². The molecule has 0 spiro atoms. The van der Waals surface area contributed by atoms with Crippen molar-refractivity contribution in [3.8, 4) is 5.75 Å². The van der Waals surface area contributed by atoms with E-state index in [1.807, 2.05) is 0 Å². The van der Waals surface area contributed by atoms with E-state index in [9.17, 15) is 5.11 Å². The van der Waals surface area contributed by atoms with Crippen LogP contribution in [0.25, 0.3) is 0 Å². The highest BCUT2D eigenvalue weighted by Crippen LogP contribution is 2.27. The maximum atomic E-state index is 9.75. The fraction of sp³-hybridized carbons (Fsp3) is 0.273. The van der Waals surface area contributed by atoms with Gasteiger partial charge in [-0.2, -0.15) is 0 Å². The molecule has 0 aliphatic heterocycles. The molecule has 1 heterocycles. The van der Waals surface area contributed by atoms with E-state index < -0.39 is 6.10 Å². The van der Waals surface area contributed by atoms with Crippen LogP contribution in [0, 0.1) is 0 Å². The van der Waals surface area contributed by atoms with E-state index in [1.54, 1.807) is 30.6 Å². The summed E-state index contributed by atoms with van der Waals surface area (Å²) in [6.45, 7) is 0.423. The second kappa shape index (κ2) is 6.04. The molecule has 96 valence electrons. The van der Waals surface area contributed by atoms with Crippen molar-refractivity contribution >= 4 is 23.2 Å². The summed E-state index contributed by atoms with van der Waals surface area (Å²) >= 11 is 11.7. The molecule has 18 heavy (non-hydrogen) atoms. The molecule has 0 radical (unpaired) electrons. The number of aliphatic hydroxyl groups excluding tert-OH is 1. The first kappa shape index (κ1) is 13.1. The van der Waals surface area contributed by atoms with Gasteiger partial charge in [-0.3, -0.25) is 0 Å². The first-order chi connectivity index (χ1) is 8.65. The predicted octanol–water partition coefficient (Wildman–Crippen LogP) is 2.02. The molecule has 0 unspecified atom stereocenters. The lowest BCUT2D eigenvalue weighted by Gasteiger charge is -2.13. The van der Waals surface area contributed by atoms with Crippen LogP contribution in [0.4, 0.5) is 0 Å². The van der Waals surface area contributed by atoms with Gasteiger partial charge in [0.1, 0.15) is 18.5 Å². The lowest BCUT2D eigenvalue weighted by atomic mass is 10.3. The van der Waals surface area contributed by atoms with Gasteiger partial charge >= 0.3 is 0 Å². The van der Waals surface area contributed by atoms with Crippen molar-refractivity contribution in [1.82, 2.24) is 15.0 Å². The van der Waals surface area contributed by atoms with Crippen molar-refractivity contribution in [2.45, 2.75) is 12.6 Å². The monoisotopic (exact) mass is 287 g/mol. The van der Waals surface area contributed by atoms with Gasteiger partial charge in [-0.05, 0) is 18.2 Å². The van der Waals surface area contributed by atoms with E-state index in [-0.39, 0.29) is 6.61 Å². The summed E-state index contributed by atoms with van der Waals surface area (Å²) in [5.74, 6) is 0.485. The molecule has 1 N–H and O–H groups in total. The number of hydrogen-bond acceptors (Lipinski definition) is 4. The number of ether oxygens (including phenoxy) is 1. The maximum absolute atomic E-state index is 9.75. The van der Waals surface area contributed by atoms with Gasteiger partial charge in [0.05, 0.1) is 17.8 Å².